The Kier molecular flexibility index (Phi) is 5.29. The predicted molar refractivity (Wildman–Crippen MR) is 96.6 cm³/mol. The number of nitrogens with zero attached hydrogens (tertiary/aromatic N) is 3. The van der Waals surface area contributed by atoms with Crippen molar-refractivity contribution < 1.29 is 0 Å². The Hall–Kier alpha value is -2.30. The first kappa shape index (κ1) is 15.6. The molecule has 1 aromatic carbocycles. The summed E-state index contributed by atoms with van der Waals surface area (Å²) in [6.45, 7) is 5.42. The highest BCUT2D eigenvalue weighted by Gasteiger charge is 2.11. The van der Waals surface area contributed by atoms with Crippen LogP contribution in [0.15, 0.2) is 36.5 Å². The molecule has 23 heavy (non-hydrogen) atoms. The van der Waals surface area contributed by atoms with Gasteiger partial charge in [0.15, 0.2) is 0 Å². The largest absolute Gasteiger partial charge is 0.372 e. The Morgan fingerprint density at radius 2 is 1.87 bits per heavy atom. The lowest BCUT2D eigenvalue weighted by Crippen LogP contribution is -2.17. The van der Waals surface area contributed by atoms with Gasteiger partial charge in [0, 0.05) is 37.2 Å². The van der Waals surface area contributed by atoms with Crippen molar-refractivity contribution in [2.24, 2.45) is 0 Å². The molecule has 3 rings (SSSR count). The van der Waals surface area contributed by atoms with Gasteiger partial charge in [-0.15, -0.1) is 0 Å². The molecule has 0 aliphatic carbocycles. The van der Waals surface area contributed by atoms with Gasteiger partial charge in [-0.05, 0) is 49.6 Å². The minimum absolute atomic E-state index is 0.678. The maximum Gasteiger partial charge on any atom is 0.224 e. The van der Waals surface area contributed by atoms with E-state index in [1.54, 1.807) is 6.20 Å². The van der Waals surface area contributed by atoms with Crippen molar-refractivity contribution in [1.29, 1.82) is 0 Å². The SMILES string of the molecule is CCCCNc1nccc(Nc2ccc(N3CCCC3)cc2)n1. The van der Waals surface area contributed by atoms with E-state index in [4.69, 9.17) is 0 Å². The van der Waals surface area contributed by atoms with Crippen molar-refractivity contribution in [1.82, 2.24) is 9.97 Å². The second-order valence-corrected chi connectivity index (χ2v) is 5.91. The monoisotopic (exact) mass is 311 g/mol. The maximum absolute atomic E-state index is 4.50. The second kappa shape index (κ2) is 7.81. The fraction of sp³-hybridized carbons (Fsp3) is 0.444. The van der Waals surface area contributed by atoms with Crippen molar-refractivity contribution in [3.63, 3.8) is 0 Å². The van der Waals surface area contributed by atoms with Gasteiger partial charge < -0.3 is 15.5 Å². The lowest BCUT2D eigenvalue weighted by Gasteiger charge is -2.18. The third kappa shape index (κ3) is 4.34. The molecule has 5 heteroatoms. The smallest absolute Gasteiger partial charge is 0.224 e. The summed E-state index contributed by atoms with van der Waals surface area (Å²) < 4.78 is 0. The second-order valence-electron chi connectivity index (χ2n) is 5.91. The maximum atomic E-state index is 4.50. The van der Waals surface area contributed by atoms with Gasteiger partial charge in [0.05, 0.1) is 0 Å². The molecule has 1 aromatic heterocycles. The van der Waals surface area contributed by atoms with Gasteiger partial charge in [0.2, 0.25) is 5.95 Å². The number of benzene rings is 1. The molecule has 1 saturated heterocycles. The number of hydrogen-bond acceptors (Lipinski definition) is 5. The highest BCUT2D eigenvalue weighted by Crippen LogP contribution is 2.23. The first-order chi connectivity index (χ1) is 11.3. The molecule has 0 amide bonds. The molecule has 2 heterocycles. The van der Waals surface area contributed by atoms with Crippen LogP contribution in [0.25, 0.3) is 0 Å². The van der Waals surface area contributed by atoms with Crippen molar-refractivity contribution in [3.05, 3.63) is 36.5 Å². The third-order valence-corrected chi connectivity index (χ3v) is 4.08. The Bertz CT molecular complexity index is 605. The van der Waals surface area contributed by atoms with Crippen LogP contribution in [0, 0.1) is 0 Å². The number of rotatable bonds is 7. The van der Waals surface area contributed by atoms with Gasteiger partial charge >= 0.3 is 0 Å². The Balaban J connectivity index is 1.61. The number of unbranched alkanes of at least 4 members (excludes halogenated alkanes) is 1. The van der Waals surface area contributed by atoms with Gasteiger partial charge in [-0.2, -0.15) is 4.98 Å². The van der Waals surface area contributed by atoms with E-state index < -0.39 is 0 Å². The molecule has 0 atom stereocenters. The highest BCUT2D eigenvalue weighted by molar-refractivity contribution is 5.61. The topological polar surface area (TPSA) is 53.1 Å². The van der Waals surface area contributed by atoms with E-state index in [2.05, 4.69) is 56.7 Å². The Morgan fingerprint density at radius 1 is 1.09 bits per heavy atom. The van der Waals surface area contributed by atoms with E-state index in [-0.39, 0.29) is 0 Å². The highest BCUT2D eigenvalue weighted by atomic mass is 15.1. The molecular formula is C18H25N5. The summed E-state index contributed by atoms with van der Waals surface area (Å²) in [7, 11) is 0. The van der Waals surface area contributed by atoms with Crippen LogP contribution in [0.2, 0.25) is 0 Å². The zero-order valence-corrected chi connectivity index (χ0v) is 13.8. The molecule has 5 nitrogen and oxygen atoms in total. The summed E-state index contributed by atoms with van der Waals surface area (Å²) in [4.78, 5) is 11.2. The fourth-order valence-electron chi connectivity index (χ4n) is 2.77. The minimum Gasteiger partial charge on any atom is -0.372 e. The van der Waals surface area contributed by atoms with E-state index in [0.717, 1.165) is 30.9 Å². The summed E-state index contributed by atoms with van der Waals surface area (Å²) in [6.07, 6.45) is 6.67. The summed E-state index contributed by atoms with van der Waals surface area (Å²) >= 11 is 0. The van der Waals surface area contributed by atoms with Crippen LogP contribution in [0.3, 0.4) is 0 Å². The molecule has 0 radical (unpaired) electrons. The van der Waals surface area contributed by atoms with E-state index in [0.29, 0.717) is 5.95 Å². The molecule has 1 aliphatic rings. The molecule has 0 spiro atoms. The van der Waals surface area contributed by atoms with Crippen LogP contribution in [-0.2, 0) is 0 Å². The molecular weight excluding hydrogens is 286 g/mol. The first-order valence-corrected chi connectivity index (χ1v) is 8.54. The molecule has 1 fully saturated rings. The minimum atomic E-state index is 0.678. The molecule has 1 aliphatic heterocycles. The van der Waals surface area contributed by atoms with E-state index in [9.17, 15) is 0 Å². The number of anilines is 4. The zero-order valence-electron chi connectivity index (χ0n) is 13.8. The van der Waals surface area contributed by atoms with Gasteiger partial charge in [-0.3, -0.25) is 0 Å². The number of hydrogen-bond donors (Lipinski definition) is 2. The lowest BCUT2D eigenvalue weighted by atomic mass is 10.2. The zero-order chi connectivity index (χ0) is 15.9. The molecule has 0 saturated carbocycles. The summed E-state index contributed by atoms with van der Waals surface area (Å²) in [5.74, 6) is 1.49. The van der Waals surface area contributed by atoms with E-state index in [1.165, 1.54) is 31.6 Å². The number of nitrogens with one attached hydrogen (secondary N) is 2. The van der Waals surface area contributed by atoms with Gasteiger partial charge in [-0.1, -0.05) is 13.3 Å². The van der Waals surface area contributed by atoms with Crippen LogP contribution in [0.4, 0.5) is 23.1 Å². The average molecular weight is 311 g/mol. The van der Waals surface area contributed by atoms with Crippen molar-refractivity contribution >= 4 is 23.1 Å². The van der Waals surface area contributed by atoms with Gasteiger partial charge in [0.1, 0.15) is 5.82 Å². The van der Waals surface area contributed by atoms with Crippen LogP contribution >= 0.6 is 0 Å². The van der Waals surface area contributed by atoms with Crippen molar-refractivity contribution in [2.45, 2.75) is 32.6 Å². The van der Waals surface area contributed by atoms with Crippen LogP contribution in [-0.4, -0.2) is 29.6 Å². The molecule has 0 bridgehead atoms. The summed E-state index contributed by atoms with van der Waals surface area (Å²) in [6, 6.07) is 10.5. The van der Waals surface area contributed by atoms with Crippen LogP contribution in [0.1, 0.15) is 32.6 Å². The van der Waals surface area contributed by atoms with E-state index >= 15 is 0 Å². The molecule has 0 unspecified atom stereocenters. The predicted octanol–water partition coefficient (Wildman–Crippen LogP) is 4.03. The van der Waals surface area contributed by atoms with Crippen LogP contribution in [0.5, 0.6) is 0 Å². The molecule has 122 valence electrons. The fourth-order valence-corrected chi connectivity index (χ4v) is 2.77. The van der Waals surface area contributed by atoms with Gasteiger partial charge in [-0.25, -0.2) is 4.98 Å². The van der Waals surface area contributed by atoms with Crippen LogP contribution < -0.4 is 15.5 Å². The normalized spacial score (nSPS) is 14.0. The first-order valence-electron chi connectivity index (χ1n) is 8.54. The average Bonchev–Trinajstić information content (AvgIpc) is 3.11. The Morgan fingerprint density at radius 3 is 2.61 bits per heavy atom. The van der Waals surface area contributed by atoms with Gasteiger partial charge in [0.25, 0.3) is 0 Å². The van der Waals surface area contributed by atoms with Crippen molar-refractivity contribution in [3.8, 4) is 0 Å². The molecule has 2 aromatic rings. The summed E-state index contributed by atoms with van der Waals surface area (Å²) in [5.41, 5.74) is 2.35. The summed E-state index contributed by atoms with van der Waals surface area (Å²) in [5, 5.41) is 6.59. The Labute approximate surface area is 138 Å². The molecule has 2 N–H and O–H groups in total. The van der Waals surface area contributed by atoms with E-state index in [1.807, 2.05) is 6.07 Å². The lowest BCUT2D eigenvalue weighted by molar-refractivity contribution is 0.826. The quantitative estimate of drug-likeness (QED) is 0.756. The standard InChI is InChI=1S/C18H25N5/c1-2-3-11-19-18-20-12-10-17(22-18)21-15-6-8-16(9-7-15)23-13-4-5-14-23/h6-10,12H,2-5,11,13-14H2,1H3,(H2,19,20,21,22). The third-order valence-electron chi connectivity index (χ3n) is 4.08. The van der Waals surface area contributed by atoms with Crippen molar-refractivity contribution in [2.75, 3.05) is 35.2 Å². The number of aromatic nitrogens is 2.